The number of hydrogen-bond donors (Lipinski definition) is 3. The molecule has 0 saturated carbocycles. The highest BCUT2D eigenvalue weighted by molar-refractivity contribution is 5.95. The van der Waals surface area contributed by atoms with Crippen molar-refractivity contribution in [2.45, 2.75) is 52.0 Å². The van der Waals surface area contributed by atoms with E-state index in [1.165, 1.54) is 6.92 Å². The van der Waals surface area contributed by atoms with Crippen LogP contribution in [-0.2, 0) is 4.74 Å². The van der Waals surface area contributed by atoms with Gasteiger partial charge in [-0.2, -0.15) is 13.8 Å². The van der Waals surface area contributed by atoms with Crippen molar-refractivity contribution in [3.8, 4) is 0 Å². The Morgan fingerprint density at radius 3 is 2.04 bits per heavy atom. The Morgan fingerprint density at radius 1 is 1.12 bits per heavy atom. The first kappa shape index (κ1) is 23.2. The third-order valence-corrected chi connectivity index (χ3v) is 2.85. The van der Waals surface area contributed by atoms with Gasteiger partial charge in [-0.05, 0) is 13.3 Å². The van der Waals surface area contributed by atoms with Crippen molar-refractivity contribution >= 4 is 5.90 Å². The van der Waals surface area contributed by atoms with Crippen LogP contribution in [0, 0.1) is 23.5 Å². The predicted octanol–water partition coefficient (Wildman–Crippen LogP) is 1.90. The minimum atomic E-state index is -1.85. The molecule has 3 atom stereocenters. The normalized spacial score (nSPS) is 20.2. The second-order valence-electron chi connectivity index (χ2n) is 4.68. The number of nitrogens with zero attached hydrogens (tertiary/aromatic N) is 2. The minimum Gasteiger partial charge on any atom is -0.448 e. The van der Waals surface area contributed by atoms with E-state index >= 15 is 0 Å². The van der Waals surface area contributed by atoms with E-state index in [0.29, 0.717) is 0 Å². The van der Waals surface area contributed by atoms with E-state index in [9.17, 15) is 27.8 Å². The summed E-state index contributed by atoms with van der Waals surface area (Å²) in [6.07, 6.45) is -2.18. The summed E-state index contributed by atoms with van der Waals surface area (Å²) >= 11 is 0. The van der Waals surface area contributed by atoms with Crippen LogP contribution in [0.5, 0.6) is 0 Å². The molecule has 0 bridgehead atoms. The maximum atomic E-state index is 13.6. The fourth-order valence-corrected chi connectivity index (χ4v) is 2.00. The maximum Gasteiger partial charge on any atom is 0.252 e. The lowest BCUT2D eigenvalue weighted by Gasteiger charge is -2.26. The molecule has 0 radical (unpaired) electrons. The molecule has 10 heteroatoms. The van der Waals surface area contributed by atoms with Gasteiger partial charge in [-0.25, -0.2) is 13.8 Å². The average molecular weight is 370 g/mol. The van der Waals surface area contributed by atoms with E-state index < -0.39 is 53.4 Å². The van der Waals surface area contributed by atoms with Gasteiger partial charge in [0.2, 0.25) is 12.2 Å². The van der Waals surface area contributed by atoms with Gasteiger partial charge in [-0.3, -0.25) is 0 Å². The number of halogens is 4. The number of ether oxygens (including phenoxy) is 1. The van der Waals surface area contributed by atoms with E-state index in [-0.39, 0.29) is 12.8 Å². The fourth-order valence-electron chi connectivity index (χ4n) is 2.00. The number of aliphatic hydroxyl groups excluding tert-OH is 3. The zero-order valence-corrected chi connectivity index (χ0v) is 14.3. The molecular weight excluding hydrogens is 348 g/mol. The molecule has 1 aliphatic heterocycles. The monoisotopic (exact) mass is 370 g/mol. The molecule has 3 unspecified atom stereocenters. The van der Waals surface area contributed by atoms with Crippen molar-refractivity contribution < 1.29 is 37.6 Å². The summed E-state index contributed by atoms with van der Waals surface area (Å²) in [6.45, 7) is 5.46. The standard InChI is InChI=1S/C12H12F4N2O3.C2H6.CH4O/c1-4(19)2-5-3-6(20)21-12(17-5)7-8(13)10(15)18-11(16)9(7)14;2*1-2/h4-6,19-20H,2-3H2,1H3;1-2H3;2H,1H3. The largest absolute Gasteiger partial charge is 0.448 e. The highest BCUT2D eigenvalue weighted by atomic mass is 19.2. The Labute approximate surface area is 142 Å². The van der Waals surface area contributed by atoms with Gasteiger partial charge in [-0.1, -0.05) is 13.8 Å². The molecule has 0 spiro atoms. The van der Waals surface area contributed by atoms with Gasteiger partial charge in [0.05, 0.1) is 12.1 Å². The third-order valence-electron chi connectivity index (χ3n) is 2.85. The first-order chi connectivity index (χ1) is 11.8. The molecule has 0 fully saturated rings. The third kappa shape index (κ3) is 6.22. The zero-order chi connectivity index (χ0) is 19.7. The highest BCUT2D eigenvalue weighted by Gasteiger charge is 2.31. The second-order valence-corrected chi connectivity index (χ2v) is 4.68. The minimum absolute atomic E-state index is 0.0202. The summed E-state index contributed by atoms with van der Waals surface area (Å²) in [5, 5.41) is 25.8. The Balaban J connectivity index is 0.00000134. The SMILES string of the molecule is CC.CC(O)CC1CC(O)OC(c2c(F)c(F)nc(F)c2F)=N1.CO. The Morgan fingerprint density at radius 2 is 1.60 bits per heavy atom. The lowest BCUT2D eigenvalue weighted by Crippen LogP contribution is -2.33. The fraction of sp³-hybridized carbons (Fsp3) is 0.600. The smallest absolute Gasteiger partial charge is 0.252 e. The average Bonchev–Trinajstić information content (AvgIpc) is 2.56. The van der Waals surface area contributed by atoms with E-state index in [0.717, 1.165) is 7.11 Å². The Bertz CT molecular complexity index is 559. The molecule has 1 aromatic rings. The van der Waals surface area contributed by atoms with Crippen LogP contribution in [0.4, 0.5) is 17.6 Å². The van der Waals surface area contributed by atoms with Crippen molar-refractivity contribution in [3.63, 3.8) is 0 Å². The van der Waals surface area contributed by atoms with Gasteiger partial charge in [-0.15, -0.1) is 0 Å². The highest BCUT2D eigenvalue weighted by Crippen LogP contribution is 2.24. The molecule has 0 aliphatic carbocycles. The molecule has 2 heterocycles. The van der Waals surface area contributed by atoms with Crippen LogP contribution in [0.2, 0.25) is 0 Å². The van der Waals surface area contributed by atoms with Crippen LogP contribution in [0.15, 0.2) is 4.99 Å². The molecule has 1 aliphatic rings. The molecule has 3 N–H and O–H groups in total. The van der Waals surface area contributed by atoms with Gasteiger partial charge < -0.3 is 20.1 Å². The molecular formula is C15H22F4N2O4. The number of aliphatic hydroxyl groups is 3. The Hall–Kier alpha value is -1.78. The van der Waals surface area contributed by atoms with Crippen LogP contribution in [0.3, 0.4) is 0 Å². The summed E-state index contributed by atoms with van der Waals surface area (Å²) in [5.74, 6) is -7.99. The summed E-state index contributed by atoms with van der Waals surface area (Å²) < 4.78 is 58.1. The first-order valence-electron chi connectivity index (χ1n) is 7.55. The maximum absolute atomic E-state index is 13.6. The lowest BCUT2D eigenvalue weighted by atomic mass is 10.1. The van der Waals surface area contributed by atoms with Crippen LogP contribution in [0.1, 0.15) is 39.2 Å². The van der Waals surface area contributed by atoms with Crippen LogP contribution >= 0.6 is 0 Å². The molecule has 0 aromatic carbocycles. The van der Waals surface area contributed by atoms with Crippen molar-refractivity contribution in [2.75, 3.05) is 7.11 Å². The van der Waals surface area contributed by atoms with Gasteiger partial charge in [0.25, 0.3) is 11.9 Å². The molecule has 25 heavy (non-hydrogen) atoms. The number of aromatic nitrogens is 1. The number of rotatable bonds is 3. The van der Waals surface area contributed by atoms with Crippen molar-refractivity contribution in [1.29, 1.82) is 0 Å². The first-order valence-corrected chi connectivity index (χ1v) is 7.55. The molecule has 144 valence electrons. The molecule has 0 saturated heterocycles. The topological polar surface area (TPSA) is 95.2 Å². The lowest BCUT2D eigenvalue weighted by molar-refractivity contribution is -0.0492. The molecule has 0 amide bonds. The van der Waals surface area contributed by atoms with Crippen LogP contribution < -0.4 is 0 Å². The summed E-state index contributed by atoms with van der Waals surface area (Å²) in [4.78, 5) is 6.20. The van der Waals surface area contributed by atoms with E-state index in [1.807, 2.05) is 13.8 Å². The summed E-state index contributed by atoms with van der Waals surface area (Å²) in [7, 11) is 1.00. The number of pyridine rings is 1. The Kier molecular flexibility index (Phi) is 10.2. The van der Waals surface area contributed by atoms with E-state index in [2.05, 4.69) is 9.98 Å². The van der Waals surface area contributed by atoms with E-state index in [4.69, 9.17) is 9.84 Å². The van der Waals surface area contributed by atoms with Crippen LogP contribution in [-0.4, -0.2) is 51.7 Å². The molecule has 1 aromatic heterocycles. The predicted molar refractivity (Wildman–Crippen MR) is 81.9 cm³/mol. The summed E-state index contributed by atoms with van der Waals surface area (Å²) in [6, 6.07) is -0.707. The molecule has 6 nitrogen and oxygen atoms in total. The number of hydrogen-bond acceptors (Lipinski definition) is 6. The van der Waals surface area contributed by atoms with Gasteiger partial charge >= 0.3 is 0 Å². The van der Waals surface area contributed by atoms with Gasteiger partial charge in [0, 0.05) is 13.5 Å². The molecule has 2 rings (SSSR count). The van der Waals surface area contributed by atoms with E-state index in [1.54, 1.807) is 0 Å². The van der Waals surface area contributed by atoms with Crippen molar-refractivity contribution in [3.05, 3.63) is 29.1 Å². The second kappa shape index (κ2) is 11.0. The summed E-state index contributed by atoms with van der Waals surface area (Å²) in [5.41, 5.74) is -1.17. The zero-order valence-electron chi connectivity index (χ0n) is 14.3. The quantitative estimate of drug-likeness (QED) is 0.558. The van der Waals surface area contributed by atoms with Crippen molar-refractivity contribution in [1.82, 2.24) is 4.98 Å². The van der Waals surface area contributed by atoms with Gasteiger partial charge in [0.15, 0.2) is 11.6 Å². The number of aliphatic imine (C=N–C) groups is 1. The van der Waals surface area contributed by atoms with Crippen molar-refractivity contribution in [2.24, 2.45) is 4.99 Å². The van der Waals surface area contributed by atoms with Crippen LogP contribution in [0.25, 0.3) is 0 Å². The van der Waals surface area contributed by atoms with Gasteiger partial charge in [0.1, 0.15) is 5.56 Å².